The maximum atomic E-state index is 12.1. The number of anilines is 1. The molecule has 2 aromatic rings. The van der Waals surface area contributed by atoms with Gasteiger partial charge in [0.05, 0.1) is 10.6 Å². The number of nitrogens with one attached hydrogen (secondary N) is 1. The normalized spacial score (nSPS) is 12.1. The number of benzene rings is 1. The van der Waals surface area contributed by atoms with Gasteiger partial charge in [-0.2, -0.15) is 0 Å². The van der Waals surface area contributed by atoms with Crippen LogP contribution in [0.2, 0.25) is 0 Å². The Morgan fingerprint density at radius 2 is 1.86 bits per heavy atom. The fraction of sp³-hybridized carbons (Fsp3) is 0. The van der Waals surface area contributed by atoms with Gasteiger partial charge in [-0.3, -0.25) is 9.71 Å². The number of aromatic nitrogens is 1. The van der Waals surface area contributed by atoms with Crippen molar-refractivity contribution in [1.82, 2.24) is 4.98 Å². The Balaban J connectivity index is 2.36. The second-order valence-electron chi connectivity index (χ2n) is 3.88. The van der Waals surface area contributed by atoms with Crippen molar-refractivity contribution in [3.63, 3.8) is 0 Å². The summed E-state index contributed by atoms with van der Waals surface area (Å²) >= 11 is 3.04. The first-order valence-electron chi connectivity index (χ1n) is 5.37. The summed E-state index contributed by atoms with van der Waals surface area (Å²) in [5.41, 5.74) is 0.190. The SMILES string of the molecule is O=S(=O)(Cl)c1ccc(NS(=O)(=O)c2cccnc2)cc1Br. The number of pyridine rings is 1. The minimum absolute atomic E-state index is 0.00448. The fourth-order valence-corrected chi connectivity index (χ4v) is 4.72. The summed E-state index contributed by atoms with van der Waals surface area (Å²) in [5.74, 6) is 0. The van der Waals surface area contributed by atoms with E-state index in [-0.39, 0.29) is 20.0 Å². The van der Waals surface area contributed by atoms with E-state index in [9.17, 15) is 16.8 Å². The Hall–Kier alpha value is -1.16. The van der Waals surface area contributed by atoms with E-state index in [0.29, 0.717) is 0 Å². The molecule has 21 heavy (non-hydrogen) atoms. The van der Waals surface area contributed by atoms with Gasteiger partial charge in [-0.15, -0.1) is 0 Å². The highest BCUT2D eigenvalue weighted by molar-refractivity contribution is 9.10. The van der Waals surface area contributed by atoms with Crippen molar-refractivity contribution in [2.24, 2.45) is 0 Å². The molecule has 0 amide bonds. The van der Waals surface area contributed by atoms with Crippen LogP contribution < -0.4 is 4.72 Å². The third-order valence-corrected chi connectivity index (χ3v) is 6.06. The second kappa shape index (κ2) is 5.91. The average molecular weight is 412 g/mol. The highest BCUT2D eigenvalue weighted by atomic mass is 79.9. The molecule has 0 spiro atoms. The third kappa shape index (κ3) is 3.94. The lowest BCUT2D eigenvalue weighted by Gasteiger charge is -2.09. The van der Waals surface area contributed by atoms with Gasteiger partial charge in [0.2, 0.25) is 0 Å². The number of hydrogen-bond donors (Lipinski definition) is 1. The molecule has 0 saturated carbocycles. The molecule has 1 heterocycles. The van der Waals surface area contributed by atoms with E-state index in [0.717, 1.165) is 0 Å². The van der Waals surface area contributed by atoms with Crippen LogP contribution in [0.5, 0.6) is 0 Å². The first-order chi connectivity index (χ1) is 9.70. The molecule has 6 nitrogen and oxygen atoms in total. The van der Waals surface area contributed by atoms with Gasteiger partial charge < -0.3 is 0 Å². The Labute approximate surface area is 134 Å². The lowest BCUT2D eigenvalue weighted by atomic mass is 10.3. The number of halogens is 2. The van der Waals surface area contributed by atoms with Gasteiger partial charge >= 0.3 is 0 Å². The van der Waals surface area contributed by atoms with Crippen LogP contribution in [-0.2, 0) is 19.1 Å². The van der Waals surface area contributed by atoms with E-state index in [4.69, 9.17) is 10.7 Å². The molecule has 1 aromatic heterocycles. The maximum Gasteiger partial charge on any atom is 0.263 e. The maximum absolute atomic E-state index is 12.1. The van der Waals surface area contributed by atoms with Crippen LogP contribution in [0, 0.1) is 0 Å². The van der Waals surface area contributed by atoms with E-state index >= 15 is 0 Å². The van der Waals surface area contributed by atoms with Gasteiger partial charge in [0.1, 0.15) is 4.90 Å². The molecule has 0 aliphatic rings. The Morgan fingerprint density at radius 3 is 2.38 bits per heavy atom. The van der Waals surface area contributed by atoms with Gasteiger partial charge in [0.15, 0.2) is 0 Å². The van der Waals surface area contributed by atoms with Crippen molar-refractivity contribution in [2.75, 3.05) is 4.72 Å². The average Bonchev–Trinajstić information content (AvgIpc) is 2.37. The smallest absolute Gasteiger partial charge is 0.263 e. The largest absolute Gasteiger partial charge is 0.280 e. The highest BCUT2D eigenvalue weighted by Crippen LogP contribution is 2.28. The fourth-order valence-electron chi connectivity index (χ4n) is 1.48. The zero-order valence-corrected chi connectivity index (χ0v) is 14.2. The molecule has 1 N–H and O–H groups in total. The zero-order chi connectivity index (χ0) is 15.7. The van der Waals surface area contributed by atoms with Crippen LogP contribution in [0.1, 0.15) is 0 Å². The molecule has 0 saturated heterocycles. The van der Waals surface area contributed by atoms with E-state index in [1.807, 2.05) is 0 Å². The topological polar surface area (TPSA) is 93.2 Å². The molecular formula is C11H8BrClN2O4S2. The van der Waals surface area contributed by atoms with Crippen molar-refractivity contribution in [2.45, 2.75) is 9.79 Å². The summed E-state index contributed by atoms with van der Waals surface area (Å²) in [6, 6.07) is 6.69. The van der Waals surface area contributed by atoms with Gasteiger partial charge in [-0.1, -0.05) is 0 Å². The van der Waals surface area contributed by atoms with Gasteiger partial charge in [0.25, 0.3) is 19.1 Å². The number of rotatable bonds is 4. The summed E-state index contributed by atoms with van der Waals surface area (Å²) in [4.78, 5) is 3.58. The van der Waals surface area contributed by atoms with E-state index in [1.54, 1.807) is 0 Å². The highest BCUT2D eigenvalue weighted by Gasteiger charge is 2.18. The molecule has 112 valence electrons. The molecule has 0 aliphatic heterocycles. The molecule has 0 bridgehead atoms. The predicted octanol–water partition coefficient (Wildman–Crippen LogP) is 2.57. The summed E-state index contributed by atoms with van der Waals surface area (Å²) in [6.45, 7) is 0. The van der Waals surface area contributed by atoms with E-state index in [1.165, 1.54) is 42.7 Å². The summed E-state index contributed by atoms with van der Waals surface area (Å²) < 4.78 is 49.2. The van der Waals surface area contributed by atoms with Gasteiger partial charge in [-0.05, 0) is 46.3 Å². The lowest BCUT2D eigenvalue weighted by molar-refractivity contribution is 0.600. The van der Waals surface area contributed by atoms with E-state index < -0.39 is 19.1 Å². The predicted molar refractivity (Wildman–Crippen MR) is 82.2 cm³/mol. The van der Waals surface area contributed by atoms with Crippen molar-refractivity contribution in [1.29, 1.82) is 0 Å². The molecule has 0 atom stereocenters. The Kier molecular flexibility index (Phi) is 4.57. The third-order valence-electron chi connectivity index (χ3n) is 2.39. The van der Waals surface area contributed by atoms with Gasteiger partial charge in [0, 0.05) is 27.5 Å². The van der Waals surface area contributed by atoms with Crippen LogP contribution in [0.15, 0.2) is 57.0 Å². The minimum Gasteiger partial charge on any atom is -0.280 e. The number of nitrogens with zero attached hydrogens (tertiary/aromatic N) is 1. The summed E-state index contributed by atoms with van der Waals surface area (Å²) in [5, 5.41) is 0. The summed E-state index contributed by atoms with van der Waals surface area (Å²) in [6.07, 6.45) is 2.66. The van der Waals surface area contributed by atoms with Crippen molar-refractivity contribution < 1.29 is 16.8 Å². The number of hydrogen-bond acceptors (Lipinski definition) is 5. The lowest BCUT2D eigenvalue weighted by Crippen LogP contribution is -2.13. The molecule has 1 aromatic carbocycles. The van der Waals surface area contributed by atoms with Crippen LogP contribution in [0.3, 0.4) is 0 Å². The quantitative estimate of drug-likeness (QED) is 0.781. The molecule has 2 rings (SSSR count). The van der Waals surface area contributed by atoms with Crippen LogP contribution >= 0.6 is 26.6 Å². The molecule has 0 unspecified atom stereocenters. The van der Waals surface area contributed by atoms with Crippen molar-refractivity contribution in [3.05, 3.63) is 47.2 Å². The van der Waals surface area contributed by atoms with Crippen LogP contribution in [0.4, 0.5) is 5.69 Å². The first-order valence-corrected chi connectivity index (χ1v) is 9.96. The first kappa shape index (κ1) is 16.2. The molecular weight excluding hydrogens is 404 g/mol. The van der Waals surface area contributed by atoms with Crippen LogP contribution in [0.25, 0.3) is 0 Å². The Morgan fingerprint density at radius 1 is 1.14 bits per heavy atom. The van der Waals surface area contributed by atoms with E-state index in [2.05, 4.69) is 25.6 Å². The van der Waals surface area contributed by atoms with Gasteiger partial charge in [-0.25, -0.2) is 16.8 Å². The molecule has 0 aliphatic carbocycles. The van der Waals surface area contributed by atoms with Crippen molar-refractivity contribution in [3.8, 4) is 0 Å². The second-order valence-corrected chi connectivity index (χ2v) is 8.95. The Bertz CT molecular complexity index is 870. The van der Waals surface area contributed by atoms with Crippen LogP contribution in [-0.4, -0.2) is 21.8 Å². The molecule has 10 heteroatoms. The molecule has 0 radical (unpaired) electrons. The monoisotopic (exact) mass is 410 g/mol. The standard InChI is InChI=1S/C11H8BrClN2O4S2/c12-10-6-8(3-4-11(10)20(13,16)17)15-21(18,19)9-2-1-5-14-7-9/h1-7,15H. The number of sulfonamides is 1. The molecule has 0 fully saturated rings. The minimum atomic E-state index is -3.91. The summed E-state index contributed by atoms with van der Waals surface area (Å²) in [7, 11) is -2.46. The van der Waals surface area contributed by atoms with Crippen molar-refractivity contribution >= 4 is 51.4 Å². The zero-order valence-electron chi connectivity index (χ0n) is 10.2.